The number of hydrogen-bond acceptors (Lipinski definition) is 8. The van der Waals surface area contributed by atoms with E-state index in [9.17, 15) is 43.1 Å². The fraction of sp³-hybridized carbons (Fsp3) is 0.429. The second kappa shape index (κ2) is 14.9. The van der Waals surface area contributed by atoms with Crippen molar-refractivity contribution in [3.63, 3.8) is 0 Å². The number of carbonyl (C=O) groups is 6. The Morgan fingerprint density at radius 3 is 2.44 bits per heavy atom. The largest absolute Gasteiger partial charge is 0.368 e. The fourth-order valence-electron chi connectivity index (χ4n) is 5.27. The average molecular weight is 663 g/mol. The Morgan fingerprint density at radius 2 is 1.78 bits per heavy atom. The highest BCUT2D eigenvalue weighted by molar-refractivity contribution is 8.04. The van der Waals surface area contributed by atoms with Crippen LogP contribution in [-0.2, 0) is 35.0 Å². The molecular formula is C28H35N6O9PS. The smallest absolute Gasteiger partial charge is 0.335 e. The molecule has 2 aromatic rings. The quantitative estimate of drug-likeness (QED) is 0.109. The molecule has 4 rings (SSSR count). The molecule has 7 amide bonds. The molecule has 0 bridgehead atoms. The molecule has 2 fully saturated rings. The van der Waals surface area contributed by atoms with E-state index in [4.69, 9.17) is 5.73 Å². The van der Waals surface area contributed by atoms with Gasteiger partial charge in [-0.1, -0.05) is 42.5 Å². The van der Waals surface area contributed by atoms with Gasteiger partial charge in [0.05, 0.1) is 11.9 Å². The molecule has 17 heteroatoms. The molecule has 45 heavy (non-hydrogen) atoms. The summed E-state index contributed by atoms with van der Waals surface area (Å²) in [4.78, 5) is 95.6. The Bertz CT molecular complexity index is 1530. The first-order chi connectivity index (χ1) is 21.3. The number of nitrogens with zero attached hydrogens (tertiary/aromatic N) is 1. The van der Waals surface area contributed by atoms with Crippen molar-refractivity contribution in [3.8, 4) is 0 Å². The fourth-order valence-corrected chi connectivity index (χ4v) is 7.10. The van der Waals surface area contributed by atoms with Crippen LogP contribution in [0.25, 0.3) is 10.8 Å². The number of amides is 7. The summed E-state index contributed by atoms with van der Waals surface area (Å²) in [5.41, 5.74) is 5.80. The Labute approximate surface area is 262 Å². The number of thioether (sulfide) groups is 1. The minimum atomic E-state index is -4.44. The summed E-state index contributed by atoms with van der Waals surface area (Å²) in [6, 6.07) is 8.00. The highest BCUT2D eigenvalue weighted by Crippen LogP contribution is 2.38. The maximum Gasteiger partial charge on any atom is 0.335 e. The third-order valence-corrected chi connectivity index (χ3v) is 10.1. The van der Waals surface area contributed by atoms with E-state index in [1.165, 1.54) is 4.90 Å². The van der Waals surface area contributed by atoms with Crippen molar-refractivity contribution in [3.05, 3.63) is 48.0 Å². The first-order valence-electron chi connectivity index (χ1n) is 14.2. The SMILES string of the molecule is NC(=O)[C@H](Cc1ccc2ccccc2c1)NC(=O)[C@@H]1CCCCN1C(=O)[C@H](CSCP(=O)(O)O)NC(=O)CC1NC(=O)NC1=O. The van der Waals surface area contributed by atoms with Crippen molar-refractivity contribution in [1.82, 2.24) is 26.2 Å². The highest BCUT2D eigenvalue weighted by atomic mass is 32.2. The summed E-state index contributed by atoms with van der Waals surface area (Å²) in [7, 11) is -4.44. The zero-order valence-corrected chi connectivity index (χ0v) is 25.9. The summed E-state index contributed by atoms with van der Waals surface area (Å²) in [5.74, 6) is -3.76. The number of nitrogens with one attached hydrogen (secondary N) is 4. The van der Waals surface area contributed by atoms with Crippen LogP contribution in [0.2, 0.25) is 0 Å². The van der Waals surface area contributed by atoms with Gasteiger partial charge >= 0.3 is 13.6 Å². The van der Waals surface area contributed by atoms with E-state index in [2.05, 4.69) is 16.0 Å². The third-order valence-electron chi connectivity index (χ3n) is 7.43. The van der Waals surface area contributed by atoms with Crippen molar-refractivity contribution in [2.45, 2.75) is 56.3 Å². The average Bonchev–Trinajstić information content (AvgIpc) is 3.30. The second-order valence-corrected chi connectivity index (χ2v) is 14.0. The number of piperidine rings is 1. The van der Waals surface area contributed by atoms with E-state index in [0.29, 0.717) is 12.8 Å². The number of fused-ring (bicyclic) bond motifs is 1. The second-order valence-electron chi connectivity index (χ2n) is 10.9. The highest BCUT2D eigenvalue weighted by Gasteiger charge is 2.38. The van der Waals surface area contributed by atoms with Gasteiger partial charge in [-0.05, 0) is 35.6 Å². The minimum absolute atomic E-state index is 0.121. The minimum Gasteiger partial charge on any atom is -0.368 e. The van der Waals surface area contributed by atoms with Gasteiger partial charge in [-0.3, -0.25) is 33.9 Å². The van der Waals surface area contributed by atoms with Crippen LogP contribution in [0, 0.1) is 0 Å². The van der Waals surface area contributed by atoms with Gasteiger partial charge in [0.2, 0.25) is 23.6 Å². The van der Waals surface area contributed by atoms with E-state index in [1.54, 1.807) is 0 Å². The maximum absolute atomic E-state index is 13.8. The molecule has 2 aliphatic heterocycles. The molecule has 242 valence electrons. The number of urea groups is 1. The number of rotatable bonds is 13. The molecule has 0 radical (unpaired) electrons. The van der Waals surface area contributed by atoms with Crippen LogP contribution >= 0.6 is 19.4 Å². The van der Waals surface area contributed by atoms with Crippen LogP contribution in [0.1, 0.15) is 31.2 Å². The molecule has 15 nitrogen and oxygen atoms in total. The first-order valence-corrected chi connectivity index (χ1v) is 17.2. The number of imide groups is 1. The molecule has 2 heterocycles. The third kappa shape index (κ3) is 9.50. The predicted octanol–water partition coefficient (Wildman–Crippen LogP) is -0.315. The summed E-state index contributed by atoms with van der Waals surface area (Å²) >= 11 is 0.736. The van der Waals surface area contributed by atoms with Crippen LogP contribution < -0.4 is 27.0 Å². The van der Waals surface area contributed by atoms with E-state index in [0.717, 1.165) is 28.1 Å². The first kappa shape index (κ1) is 33.9. The van der Waals surface area contributed by atoms with E-state index >= 15 is 0 Å². The molecule has 1 unspecified atom stereocenters. The van der Waals surface area contributed by atoms with Crippen LogP contribution in [0.4, 0.5) is 4.79 Å². The monoisotopic (exact) mass is 662 g/mol. The van der Waals surface area contributed by atoms with Crippen molar-refractivity contribution in [2.24, 2.45) is 5.73 Å². The van der Waals surface area contributed by atoms with Gasteiger partial charge in [0, 0.05) is 18.7 Å². The summed E-state index contributed by atoms with van der Waals surface area (Å²) < 4.78 is 11.4. The molecule has 4 atom stereocenters. The number of carbonyl (C=O) groups excluding carboxylic acids is 6. The van der Waals surface area contributed by atoms with E-state index < -0.39 is 79.2 Å². The Hall–Kier alpha value is -3.98. The molecule has 0 saturated carbocycles. The van der Waals surface area contributed by atoms with Gasteiger partial charge in [0.25, 0.3) is 5.91 Å². The molecular weight excluding hydrogens is 627 g/mol. The number of hydrogen-bond donors (Lipinski definition) is 7. The topological polar surface area (TPSA) is 237 Å². The normalized spacial score (nSPS) is 19.7. The van der Waals surface area contributed by atoms with Crippen molar-refractivity contribution >= 4 is 65.7 Å². The van der Waals surface area contributed by atoms with E-state index in [1.807, 2.05) is 47.8 Å². The van der Waals surface area contributed by atoms with Crippen LogP contribution in [0.5, 0.6) is 0 Å². The molecule has 0 aliphatic carbocycles. The molecule has 0 spiro atoms. The lowest BCUT2D eigenvalue weighted by Gasteiger charge is -2.37. The van der Waals surface area contributed by atoms with Crippen molar-refractivity contribution < 1.29 is 43.1 Å². The van der Waals surface area contributed by atoms with Gasteiger partial charge < -0.3 is 36.4 Å². The summed E-state index contributed by atoms with van der Waals surface area (Å²) in [5, 5.41) is 11.4. The molecule has 2 saturated heterocycles. The number of benzene rings is 2. The maximum atomic E-state index is 13.8. The predicted molar refractivity (Wildman–Crippen MR) is 165 cm³/mol. The molecule has 2 aliphatic rings. The Balaban J connectivity index is 1.47. The molecule has 8 N–H and O–H groups in total. The van der Waals surface area contributed by atoms with Gasteiger partial charge in [-0.2, -0.15) is 0 Å². The lowest BCUT2D eigenvalue weighted by molar-refractivity contribution is -0.145. The van der Waals surface area contributed by atoms with Gasteiger partial charge in [0.1, 0.15) is 24.2 Å². The number of likely N-dealkylation sites (tertiary alicyclic amines) is 1. The number of nitrogens with two attached hydrogens (primary N) is 1. The molecule has 2 aromatic carbocycles. The zero-order chi connectivity index (χ0) is 32.7. The van der Waals surface area contributed by atoms with Crippen LogP contribution in [-0.4, -0.2) is 92.2 Å². The Kier molecular flexibility index (Phi) is 11.2. The lowest BCUT2D eigenvalue weighted by atomic mass is 9.98. The van der Waals surface area contributed by atoms with Gasteiger partial charge in [-0.15, -0.1) is 11.8 Å². The Morgan fingerprint density at radius 1 is 1.04 bits per heavy atom. The van der Waals surface area contributed by atoms with Crippen molar-refractivity contribution in [1.29, 1.82) is 0 Å². The van der Waals surface area contributed by atoms with E-state index in [-0.39, 0.29) is 25.1 Å². The number of primary amides is 1. The lowest BCUT2D eigenvalue weighted by Crippen LogP contribution is -2.60. The van der Waals surface area contributed by atoms with Gasteiger partial charge in [-0.25, -0.2) is 4.79 Å². The van der Waals surface area contributed by atoms with Gasteiger partial charge in [0.15, 0.2) is 0 Å². The molecule has 0 aromatic heterocycles. The van der Waals surface area contributed by atoms with Crippen LogP contribution in [0.3, 0.4) is 0 Å². The standard InChI is InChI=1S/C28H35N6O9PS/c29-24(36)19(12-16-8-9-17-5-1-2-6-18(17)11-16)31-26(38)22-7-3-4-10-34(22)27(39)21(14-45-15-44(41,42)43)30-23(35)13-20-25(37)33-28(40)32-20/h1-2,5-6,8-9,11,19-22H,3-4,7,10,12-15H2,(H2,29,36)(H,30,35)(H,31,38)(H2,41,42,43)(H2,32,33,37,40)/t19-,20?,21-,22-/m0/s1. The summed E-state index contributed by atoms with van der Waals surface area (Å²) in [6.07, 6.45) is 1.06. The summed E-state index contributed by atoms with van der Waals surface area (Å²) in [6.45, 7) is 0.152. The van der Waals surface area contributed by atoms with Crippen molar-refractivity contribution in [2.75, 3.05) is 17.8 Å². The zero-order valence-electron chi connectivity index (χ0n) is 24.1. The van der Waals surface area contributed by atoms with Crippen LogP contribution in [0.15, 0.2) is 42.5 Å².